The van der Waals surface area contributed by atoms with Crippen LogP contribution in [0.15, 0.2) is 164 Å². The topological polar surface area (TPSA) is 110 Å². The van der Waals surface area contributed by atoms with E-state index >= 15 is 0 Å². The molecule has 0 aliphatic carbocycles. The van der Waals surface area contributed by atoms with Gasteiger partial charge in [-0.1, -0.05) is 103 Å². The first kappa shape index (κ1) is 33.5. The quantitative estimate of drug-likeness (QED) is 0.178. The molecular weight excluding hydrogens is 723 g/mol. The van der Waals surface area contributed by atoms with Crippen LogP contribution in [0.1, 0.15) is 22.3 Å². The minimum Gasteiger partial charge on any atom is -0.307 e. The lowest BCUT2D eigenvalue weighted by molar-refractivity contribution is 1.08. The van der Waals surface area contributed by atoms with Gasteiger partial charge in [-0.05, 0) is 66.2 Å². The van der Waals surface area contributed by atoms with Gasteiger partial charge in [0.25, 0.3) is 0 Å². The lowest BCUT2D eigenvalue weighted by Crippen LogP contribution is -2.14. The summed E-state index contributed by atoms with van der Waals surface area (Å²) < 4.78 is 6.36. The van der Waals surface area contributed by atoms with E-state index in [1.807, 2.05) is 102 Å². The predicted octanol–water partition coefficient (Wildman–Crippen LogP) is 12.1. The molecule has 0 radical (unpaired) electrons. The Balaban J connectivity index is 1.48. The molecule has 11 rings (SSSR count). The molecule has 0 aliphatic rings. The molecule has 270 valence electrons. The Hall–Kier alpha value is -8.88. The van der Waals surface area contributed by atoms with Gasteiger partial charge >= 0.3 is 0 Å². The van der Waals surface area contributed by atoms with E-state index < -0.39 is 0 Å². The number of rotatable bonds is 4. The zero-order valence-corrected chi connectivity index (χ0v) is 31.2. The molecule has 0 atom stereocenters. The van der Waals surface area contributed by atoms with Crippen LogP contribution >= 0.6 is 0 Å². The summed E-state index contributed by atoms with van der Waals surface area (Å²) in [6.07, 6.45) is 0. The minimum atomic E-state index is 0.295. The summed E-state index contributed by atoms with van der Waals surface area (Å²) in [6, 6.07) is 63.5. The Morgan fingerprint density at radius 2 is 0.644 bits per heavy atom. The van der Waals surface area contributed by atoms with Crippen molar-refractivity contribution in [3.05, 3.63) is 186 Å². The SMILES string of the molecule is N#Cc1ccc(-c2c(-n3c4ccccc4c4ccccc43)c(C#N)c(-n3c4ccccc4c4cc(C#N)ccc43)c(C#N)c2-n2c3ccccc3c3ccccc32)cc1. The second-order valence-corrected chi connectivity index (χ2v) is 14.5. The number of nitriles is 4. The van der Waals surface area contributed by atoms with Crippen molar-refractivity contribution in [2.24, 2.45) is 0 Å². The summed E-state index contributed by atoms with van der Waals surface area (Å²) in [5.74, 6) is 0. The van der Waals surface area contributed by atoms with Crippen LogP contribution in [0.5, 0.6) is 0 Å². The maximum absolute atomic E-state index is 11.8. The molecule has 7 heteroatoms. The molecule has 3 heterocycles. The monoisotopic (exact) mass is 749 g/mol. The molecule has 0 fully saturated rings. The van der Waals surface area contributed by atoms with Crippen molar-refractivity contribution in [3.8, 4) is 52.5 Å². The number of para-hydroxylation sites is 5. The minimum absolute atomic E-state index is 0.295. The number of nitrogens with zero attached hydrogens (tertiary/aromatic N) is 7. The summed E-state index contributed by atoms with van der Waals surface area (Å²) in [7, 11) is 0. The first-order valence-electron chi connectivity index (χ1n) is 19.1. The van der Waals surface area contributed by atoms with Crippen molar-refractivity contribution in [2.75, 3.05) is 0 Å². The van der Waals surface area contributed by atoms with Gasteiger partial charge in [0.1, 0.15) is 23.3 Å². The van der Waals surface area contributed by atoms with Gasteiger partial charge in [0.15, 0.2) is 0 Å². The van der Waals surface area contributed by atoms with E-state index in [2.05, 4.69) is 81.9 Å². The molecule has 0 spiro atoms. The molecule has 0 unspecified atom stereocenters. The number of fused-ring (bicyclic) bond motifs is 9. The van der Waals surface area contributed by atoms with E-state index in [1.54, 1.807) is 18.2 Å². The number of hydrogen-bond donors (Lipinski definition) is 0. The number of hydrogen-bond acceptors (Lipinski definition) is 4. The Labute approximate surface area is 337 Å². The average molecular weight is 750 g/mol. The van der Waals surface area contributed by atoms with Gasteiger partial charge < -0.3 is 13.7 Å². The van der Waals surface area contributed by atoms with Gasteiger partial charge in [-0.25, -0.2) is 0 Å². The first-order chi connectivity index (χ1) is 29.1. The van der Waals surface area contributed by atoms with Gasteiger partial charge in [-0.3, -0.25) is 0 Å². The fraction of sp³-hybridized carbons (Fsp3) is 0. The van der Waals surface area contributed by atoms with Crippen LogP contribution in [0.25, 0.3) is 93.6 Å². The molecule has 3 aromatic heterocycles. The van der Waals surface area contributed by atoms with Gasteiger partial charge in [-0.15, -0.1) is 0 Å². The first-order valence-corrected chi connectivity index (χ1v) is 19.1. The lowest BCUT2D eigenvalue weighted by Gasteiger charge is -2.26. The molecule has 0 amide bonds. The summed E-state index contributed by atoms with van der Waals surface area (Å²) in [5.41, 5.74) is 9.73. The Bertz CT molecular complexity index is 3510. The Morgan fingerprint density at radius 1 is 0.305 bits per heavy atom. The summed E-state index contributed by atoms with van der Waals surface area (Å²) in [5, 5.41) is 49.4. The lowest BCUT2D eigenvalue weighted by atomic mass is 9.91. The fourth-order valence-corrected chi connectivity index (χ4v) is 9.19. The second kappa shape index (κ2) is 12.8. The van der Waals surface area contributed by atoms with Gasteiger partial charge in [0.2, 0.25) is 0 Å². The largest absolute Gasteiger partial charge is 0.307 e. The van der Waals surface area contributed by atoms with E-state index in [0.29, 0.717) is 44.9 Å². The van der Waals surface area contributed by atoms with Crippen LogP contribution in [0.3, 0.4) is 0 Å². The summed E-state index contributed by atoms with van der Waals surface area (Å²) in [6.45, 7) is 0. The van der Waals surface area contributed by atoms with Gasteiger partial charge in [-0.2, -0.15) is 21.0 Å². The normalized spacial score (nSPS) is 11.3. The van der Waals surface area contributed by atoms with Crippen molar-refractivity contribution in [1.29, 1.82) is 21.0 Å². The Kier molecular flexibility index (Phi) is 7.28. The van der Waals surface area contributed by atoms with Crippen molar-refractivity contribution in [2.45, 2.75) is 0 Å². The van der Waals surface area contributed by atoms with Crippen molar-refractivity contribution in [3.63, 3.8) is 0 Å². The van der Waals surface area contributed by atoms with E-state index in [0.717, 1.165) is 71.0 Å². The second-order valence-electron chi connectivity index (χ2n) is 14.5. The number of benzene rings is 8. The molecule has 0 aliphatic heterocycles. The molecule has 8 aromatic carbocycles. The highest BCUT2D eigenvalue weighted by Crippen LogP contribution is 2.48. The molecular formula is C52H27N7. The van der Waals surface area contributed by atoms with Crippen LogP contribution in [-0.4, -0.2) is 13.7 Å². The van der Waals surface area contributed by atoms with Crippen LogP contribution in [-0.2, 0) is 0 Å². The van der Waals surface area contributed by atoms with E-state index in [4.69, 9.17) is 0 Å². The summed E-state index contributed by atoms with van der Waals surface area (Å²) in [4.78, 5) is 0. The van der Waals surface area contributed by atoms with E-state index in [1.165, 1.54) is 0 Å². The standard InChI is InChI=1S/C52H27N7/c53-28-32-21-24-34(25-22-32)49-51(58-43-16-6-1-11-35(43)36-12-2-7-17-44(36)58)41(30-55)50(57-47-20-10-5-15-39(47)40-27-33(29-54)23-26-48(40)57)42(31-56)52(49)59-45-18-8-3-13-37(45)38-14-4-9-19-46(38)59/h1-27H. The highest BCUT2D eigenvalue weighted by Gasteiger charge is 2.33. The van der Waals surface area contributed by atoms with Crippen molar-refractivity contribution < 1.29 is 0 Å². The average Bonchev–Trinajstić information content (AvgIpc) is 3.93. The molecule has 0 saturated heterocycles. The maximum Gasteiger partial charge on any atom is 0.104 e. The molecule has 59 heavy (non-hydrogen) atoms. The van der Waals surface area contributed by atoms with E-state index in [-0.39, 0.29) is 0 Å². The molecule has 0 saturated carbocycles. The van der Waals surface area contributed by atoms with Crippen LogP contribution in [0.2, 0.25) is 0 Å². The maximum atomic E-state index is 11.8. The molecule has 0 N–H and O–H groups in total. The van der Waals surface area contributed by atoms with Crippen molar-refractivity contribution in [1.82, 2.24) is 13.7 Å². The van der Waals surface area contributed by atoms with E-state index in [9.17, 15) is 21.0 Å². The third-order valence-corrected chi connectivity index (χ3v) is 11.6. The van der Waals surface area contributed by atoms with Crippen molar-refractivity contribution >= 4 is 65.4 Å². The smallest absolute Gasteiger partial charge is 0.104 e. The zero-order chi connectivity index (χ0) is 39.8. The number of aromatic nitrogens is 3. The van der Waals surface area contributed by atoms with Gasteiger partial charge in [0.05, 0.1) is 73.4 Å². The molecule has 7 nitrogen and oxygen atoms in total. The molecule has 0 bridgehead atoms. The highest BCUT2D eigenvalue weighted by molar-refractivity contribution is 6.14. The highest BCUT2D eigenvalue weighted by atomic mass is 15.1. The van der Waals surface area contributed by atoms with Gasteiger partial charge in [0, 0.05) is 37.9 Å². The molecule has 11 aromatic rings. The third-order valence-electron chi connectivity index (χ3n) is 11.6. The third kappa shape index (κ3) is 4.65. The Morgan fingerprint density at radius 3 is 1.03 bits per heavy atom. The summed E-state index contributed by atoms with van der Waals surface area (Å²) >= 11 is 0. The van der Waals surface area contributed by atoms with Crippen LogP contribution in [0, 0.1) is 45.3 Å². The van der Waals surface area contributed by atoms with Crippen LogP contribution < -0.4 is 0 Å². The zero-order valence-electron chi connectivity index (χ0n) is 31.2. The predicted molar refractivity (Wildman–Crippen MR) is 234 cm³/mol. The fourth-order valence-electron chi connectivity index (χ4n) is 9.19. The van der Waals surface area contributed by atoms with Crippen LogP contribution in [0.4, 0.5) is 0 Å².